The normalized spacial score (nSPS) is 9.73. The third-order valence-corrected chi connectivity index (χ3v) is 1.93. The summed E-state index contributed by atoms with van der Waals surface area (Å²) in [7, 11) is 1.47. The average molecular weight is 210 g/mol. The summed E-state index contributed by atoms with van der Waals surface area (Å²) in [5, 5.41) is 9.33. The van der Waals surface area contributed by atoms with Gasteiger partial charge in [-0.05, 0) is 17.7 Å². The van der Waals surface area contributed by atoms with Crippen molar-refractivity contribution in [1.82, 2.24) is 0 Å². The van der Waals surface area contributed by atoms with E-state index in [9.17, 15) is 9.90 Å². The molecule has 0 bridgehead atoms. The van der Waals surface area contributed by atoms with E-state index < -0.39 is 0 Å². The summed E-state index contributed by atoms with van der Waals surface area (Å²) in [6, 6.07) is 4.83. The van der Waals surface area contributed by atoms with Crippen molar-refractivity contribution in [1.29, 1.82) is 0 Å². The monoisotopic (exact) mass is 210 g/mol. The molecule has 1 rings (SSSR count). The summed E-state index contributed by atoms with van der Waals surface area (Å²) in [5.74, 6) is 0.199. The lowest BCUT2D eigenvalue weighted by atomic mass is 10.2. The highest BCUT2D eigenvalue weighted by atomic mass is 16.5. The van der Waals surface area contributed by atoms with Gasteiger partial charge in [-0.1, -0.05) is 13.0 Å². The van der Waals surface area contributed by atoms with Gasteiger partial charge in [-0.3, -0.25) is 4.79 Å². The maximum Gasteiger partial charge on any atom is 0.305 e. The number of hydrogen-bond acceptors (Lipinski definition) is 4. The van der Waals surface area contributed by atoms with Gasteiger partial charge in [0.2, 0.25) is 0 Å². The molecular formula is C11H14O4. The fraction of sp³-hybridized carbons (Fsp3) is 0.364. The van der Waals surface area contributed by atoms with Gasteiger partial charge < -0.3 is 14.6 Å². The number of benzene rings is 1. The first kappa shape index (κ1) is 11.4. The van der Waals surface area contributed by atoms with Crippen molar-refractivity contribution in [2.75, 3.05) is 7.11 Å². The van der Waals surface area contributed by atoms with Crippen molar-refractivity contribution in [3.05, 3.63) is 23.8 Å². The van der Waals surface area contributed by atoms with Crippen LogP contribution in [-0.4, -0.2) is 18.2 Å². The SMILES string of the molecule is CCC(=O)OCc1ccc(O)c(OC)c1. The predicted octanol–water partition coefficient (Wildman–Crippen LogP) is 1.85. The summed E-state index contributed by atoms with van der Waals surface area (Å²) in [5.41, 5.74) is 0.784. The van der Waals surface area contributed by atoms with Gasteiger partial charge in [-0.25, -0.2) is 0 Å². The summed E-state index contributed by atoms with van der Waals surface area (Å²) >= 11 is 0. The number of carbonyl (C=O) groups excluding carboxylic acids is 1. The third kappa shape index (κ3) is 3.16. The van der Waals surface area contributed by atoms with Crippen LogP contribution in [0, 0.1) is 0 Å². The Kier molecular flexibility index (Phi) is 3.97. The first-order valence-corrected chi connectivity index (χ1v) is 4.69. The van der Waals surface area contributed by atoms with E-state index in [0.717, 1.165) is 5.56 Å². The van der Waals surface area contributed by atoms with Crippen LogP contribution >= 0.6 is 0 Å². The molecule has 0 saturated carbocycles. The number of phenolic OH excluding ortho intramolecular Hbond substituents is 1. The Balaban J connectivity index is 2.66. The van der Waals surface area contributed by atoms with E-state index in [0.29, 0.717) is 12.2 Å². The summed E-state index contributed by atoms with van der Waals surface area (Å²) < 4.78 is 9.87. The van der Waals surface area contributed by atoms with Crippen LogP contribution in [0.15, 0.2) is 18.2 Å². The number of hydrogen-bond donors (Lipinski definition) is 1. The van der Waals surface area contributed by atoms with E-state index >= 15 is 0 Å². The van der Waals surface area contributed by atoms with Crippen LogP contribution < -0.4 is 4.74 Å². The number of carbonyl (C=O) groups is 1. The number of esters is 1. The van der Waals surface area contributed by atoms with E-state index in [-0.39, 0.29) is 18.3 Å². The van der Waals surface area contributed by atoms with Crippen molar-refractivity contribution < 1.29 is 19.4 Å². The Morgan fingerprint density at radius 3 is 2.80 bits per heavy atom. The Hall–Kier alpha value is -1.71. The summed E-state index contributed by atoms with van der Waals surface area (Å²) in [6.07, 6.45) is 0.356. The number of phenols is 1. The van der Waals surface area contributed by atoms with E-state index in [1.165, 1.54) is 13.2 Å². The van der Waals surface area contributed by atoms with Crippen LogP contribution in [-0.2, 0) is 16.1 Å². The van der Waals surface area contributed by atoms with E-state index in [2.05, 4.69) is 0 Å². The van der Waals surface area contributed by atoms with Gasteiger partial charge in [0.1, 0.15) is 6.61 Å². The largest absolute Gasteiger partial charge is 0.504 e. The molecule has 0 aromatic heterocycles. The van der Waals surface area contributed by atoms with Gasteiger partial charge in [-0.2, -0.15) is 0 Å². The highest BCUT2D eigenvalue weighted by molar-refractivity contribution is 5.68. The molecular weight excluding hydrogens is 196 g/mol. The molecule has 1 N–H and O–H groups in total. The minimum atomic E-state index is -0.248. The molecule has 0 fully saturated rings. The lowest BCUT2D eigenvalue weighted by molar-refractivity contribution is -0.144. The maximum atomic E-state index is 10.9. The lowest BCUT2D eigenvalue weighted by Gasteiger charge is -2.07. The quantitative estimate of drug-likeness (QED) is 0.770. The molecule has 1 aromatic carbocycles. The molecule has 0 aliphatic rings. The zero-order chi connectivity index (χ0) is 11.3. The number of methoxy groups -OCH3 is 1. The van der Waals surface area contributed by atoms with Crippen LogP contribution in [0.2, 0.25) is 0 Å². The first-order valence-electron chi connectivity index (χ1n) is 4.69. The second-order valence-electron chi connectivity index (χ2n) is 3.02. The molecule has 0 atom stereocenters. The Morgan fingerprint density at radius 2 is 2.20 bits per heavy atom. The molecule has 0 aliphatic carbocycles. The first-order chi connectivity index (χ1) is 7.17. The molecule has 4 heteroatoms. The lowest BCUT2D eigenvalue weighted by Crippen LogP contribution is -2.02. The Morgan fingerprint density at radius 1 is 1.47 bits per heavy atom. The third-order valence-electron chi connectivity index (χ3n) is 1.93. The molecule has 0 heterocycles. The zero-order valence-electron chi connectivity index (χ0n) is 8.82. The molecule has 0 radical (unpaired) electrons. The fourth-order valence-corrected chi connectivity index (χ4v) is 1.08. The van der Waals surface area contributed by atoms with Crippen molar-refractivity contribution in [3.8, 4) is 11.5 Å². The van der Waals surface area contributed by atoms with E-state index in [1.807, 2.05) is 0 Å². The van der Waals surface area contributed by atoms with Crippen molar-refractivity contribution in [2.45, 2.75) is 20.0 Å². The summed E-state index contributed by atoms with van der Waals surface area (Å²) in [6.45, 7) is 1.93. The smallest absolute Gasteiger partial charge is 0.305 e. The van der Waals surface area contributed by atoms with E-state index in [4.69, 9.17) is 9.47 Å². The number of aromatic hydroxyl groups is 1. The Labute approximate surface area is 88.4 Å². The molecule has 82 valence electrons. The van der Waals surface area contributed by atoms with E-state index in [1.54, 1.807) is 19.1 Å². The van der Waals surface area contributed by atoms with Gasteiger partial charge in [0.25, 0.3) is 0 Å². The number of rotatable bonds is 4. The van der Waals surface area contributed by atoms with Gasteiger partial charge >= 0.3 is 5.97 Å². The molecule has 0 spiro atoms. The predicted molar refractivity (Wildman–Crippen MR) is 54.7 cm³/mol. The minimum absolute atomic E-state index is 0.0723. The van der Waals surface area contributed by atoms with Gasteiger partial charge in [-0.15, -0.1) is 0 Å². The van der Waals surface area contributed by atoms with Crippen molar-refractivity contribution in [2.24, 2.45) is 0 Å². The Bertz CT molecular complexity index is 346. The zero-order valence-corrected chi connectivity index (χ0v) is 8.82. The van der Waals surface area contributed by atoms with Gasteiger partial charge in [0, 0.05) is 6.42 Å². The number of ether oxygens (including phenoxy) is 2. The van der Waals surface area contributed by atoms with Crippen LogP contribution in [0.4, 0.5) is 0 Å². The second-order valence-corrected chi connectivity index (χ2v) is 3.02. The van der Waals surface area contributed by atoms with Gasteiger partial charge in [0.05, 0.1) is 7.11 Å². The average Bonchev–Trinajstić information content (AvgIpc) is 2.27. The molecule has 0 saturated heterocycles. The molecule has 0 amide bonds. The van der Waals surface area contributed by atoms with Gasteiger partial charge in [0.15, 0.2) is 11.5 Å². The molecule has 0 unspecified atom stereocenters. The molecule has 1 aromatic rings. The highest BCUT2D eigenvalue weighted by Crippen LogP contribution is 2.26. The highest BCUT2D eigenvalue weighted by Gasteiger charge is 2.04. The van der Waals surface area contributed by atoms with Crippen LogP contribution in [0.5, 0.6) is 11.5 Å². The van der Waals surface area contributed by atoms with Crippen molar-refractivity contribution >= 4 is 5.97 Å². The van der Waals surface area contributed by atoms with Crippen LogP contribution in [0.1, 0.15) is 18.9 Å². The molecule has 0 aliphatic heterocycles. The van der Waals surface area contributed by atoms with Crippen LogP contribution in [0.25, 0.3) is 0 Å². The van der Waals surface area contributed by atoms with Crippen LogP contribution in [0.3, 0.4) is 0 Å². The molecule has 15 heavy (non-hydrogen) atoms. The second kappa shape index (κ2) is 5.24. The maximum absolute atomic E-state index is 10.9. The standard InChI is InChI=1S/C11H14O4/c1-3-11(13)15-7-8-4-5-9(12)10(6-8)14-2/h4-6,12H,3,7H2,1-2H3. The molecule has 4 nitrogen and oxygen atoms in total. The summed E-state index contributed by atoms with van der Waals surface area (Å²) in [4.78, 5) is 10.9. The van der Waals surface area contributed by atoms with Crippen molar-refractivity contribution in [3.63, 3.8) is 0 Å². The fourth-order valence-electron chi connectivity index (χ4n) is 1.08. The topological polar surface area (TPSA) is 55.8 Å². The minimum Gasteiger partial charge on any atom is -0.504 e.